The molecule has 7 heteroatoms. The Bertz CT molecular complexity index is 932. The Morgan fingerprint density at radius 3 is 2.09 bits per heavy atom. The van der Waals surface area contributed by atoms with Crippen molar-refractivity contribution in [2.24, 2.45) is 41.4 Å². The number of benzene rings is 1. The average Bonchev–Trinajstić information content (AvgIpc) is 3.38. The molecule has 4 fully saturated rings. The Morgan fingerprint density at radius 1 is 0.970 bits per heavy atom. The van der Waals surface area contributed by atoms with E-state index in [1.165, 1.54) is 11.3 Å². The first-order valence-corrected chi connectivity index (χ1v) is 14.0. The average molecular weight is 581 g/mol. The van der Waals surface area contributed by atoms with Crippen LogP contribution in [0.5, 0.6) is 0 Å². The quantitative estimate of drug-likeness (QED) is 0.265. The molecule has 1 aromatic carbocycles. The van der Waals surface area contributed by atoms with E-state index in [0.29, 0.717) is 29.0 Å². The second-order valence-electron chi connectivity index (χ2n) is 10.8. The van der Waals surface area contributed by atoms with Crippen LogP contribution >= 0.6 is 31.9 Å². The standard InChI is InChI=1S/C26H31Br2NO4/c1-12(2)16-9-4-13(3)10-19(16)33-26(32)14-5-7-15(8-6-14)29-24(30)20-17-11-18(21(20)25(29)31)23(28)22(17)27/h5-8,12-13,16-23H,4,9-11H2,1-3H3/t13-,16-,17-,18+,19-,20+,21-,22-,23-/m1/s1. The fraction of sp³-hybridized carbons (Fsp3) is 0.654. The van der Waals surface area contributed by atoms with E-state index in [2.05, 4.69) is 52.6 Å². The highest BCUT2D eigenvalue weighted by Gasteiger charge is 2.66. The number of hydrogen-bond acceptors (Lipinski definition) is 4. The lowest BCUT2D eigenvalue weighted by molar-refractivity contribution is -0.123. The van der Waals surface area contributed by atoms with Crippen LogP contribution in [0.15, 0.2) is 24.3 Å². The van der Waals surface area contributed by atoms with Crippen molar-refractivity contribution < 1.29 is 19.1 Å². The van der Waals surface area contributed by atoms with Gasteiger partial charge in [-0.15, -0.1) is 0 Å². The van der Waals surface area contributed by atoms with Crippen LogP contribution < -0.4 is 4.90 Å². The van der Waals surface area contributed by atoms with Crippen molar-refractivity contribution in [1.29, 1.82) is 0 Å². The molecule has 0 unspecified atom stereocenters. The lowest BCUT2D eigenvalue weighted by Crippen LogP contribution is -2.37. The van der Waals surface area contributed by atoms with Gasteiger partial charge in [0, 0.05) is 9.65 Å². The van der Waals surface area contributed by atoms with Gasteiger partial charge >= 0.3 is 5.97 Å². The molecule has 33 heavy (non-hydrogen) atoms. The highest BCUT2D eigenvalue weighted by atomic mass is 79.9. The number of imide groups is 1. The van der Waals surface area contributed by atoms with Crippen LogP contribution in [-0.4, -0.2) is 33.5 Å². The number of carbonyl (C=O) groups excluding carboxylic acids is 3. The molecule has 178 valence electrons. The zero-order chi connectivity index (χ0) is 23.6. The molecule has 3 saturated carbocycles. The van der Waals surface area contributed by atoms with E-state index in [9.17, 15) is 14.4 Å². The molecule has 1 saturated heterocycles. The lowest BCUT2D eigenvalue weighted by Gasteiger charge is -2.36. The topological polar surface area (TPSA) is 63.7 Å². The van der Waals surface area contributed by atoms with Crippen molar-refractivity contribution in [3.63, 3.8) is 0 Å². The number of halogens is 2. The van der Waals surface area contributed by atoms with Crippen molar-refractivity contribution in [1.82, 2.24) is 0 Å². The molecule has 1 heterocycles. The smallest absolute Gasteiger partial charge is 0.338 e. The molecule has 1 aliphatic heterocycles. The SMILES string of the molecule is CC(C)[C@H]1CC[C@@H](C)C[C@H]1OC(=O)c1ccc(N2C(=O)[C@@H]3[C@@H]4C[C@@H]([C@@H](Br)[C@@H]4Br)[C@@H]3C2=O)cc1. The zero-order valence-corrected chi connectivity index (χ0v) is 22.4. The van der Waals surface area contributed by atoms with Crippen LogP contribution in [0.25, 0.3) is 0 Å². The Kier molecular flexibility index (Phi) is 6.26. The summed E-state index contributed by atoms with van der Waals surface area (Å²) < 4.78 is 5.95. The van der Waals surface area contributed by atoms with Gasteiger partial charge in [0.25, 0.3) is 0 Å². The van der Waals surface area contributed by atoms with E-state index < -0.39 is 0 Å². The van der Waals surface area contributed by atoms with Crippen LogP contribution in [-0.2, 0) is 14.3 Å². The molecule has 2 bridgehead atoms. The summed E-state index contributed by atoms with van der Waals surface area (Å²) in [6.07, 6.45) is 4.02. The number of carbonyl (C=O) groups is 3. The molecular weight excluding hydrogens is 550 g/mol. The molecule has 0 aromatic heterocycles. The normalized spacial score (nSPS) is 39.9. The van der Waals surface area contributed by atoms with Crippen molar-refractivity contribution in [2.75, 3.05) is 4.90 Å². The van der Waals surface area contributed by atoms with E-state index >= 15 is 0 Å². The summed E-state index contributed by atoms with van der Waals surface area (Å²) in [7, 11) is 0. The Labute approximate surface area is 212 Å². The maximum atomic E-state index is 13.2. The van der Waals surface area contributed by atoms with E-state index in [1.54, 1.807) is 24.3 Å². The van der Waals surface area contributed by atoms with Crippen molar-refractivity contribution in [2.45, 2.75) is 62.2 Å². The summed E-state index contributed by atoms with van der Waals surface area (Å²) in [4.78, 5) is 41.1. The summed E-state index contributed by atoms with van der Waals surface area (Å²) in [5, 5.41) is 0. The summed E-state index contributed by atoms with van der Waals surface area (Å²) in [5.74, 6) is 0.760. The van der Waals surface area contributed by atoms with Gasteiger partial charge in [0.05, 0.1) is 23.1 Å². The number of ether oxygens (including phenoxy) is 1. The zero-order valence-electron chi connectivity index (χ0n) is 19.2. The van der Waals surface area contributed by atoms with Crippen LogP contribution in [0.4, 0.5) is 5.69 Å². The number of fused-ring (bicyclic) bond motifs is 5. The van der Waals surface area contributed by atoms with Crippen molar-refractivity contribution >= 4 is 55.3 Å². The monoisotopic (exact) mass is 579 g/mol. The molecule has 3 aliphatic carbocycles. The second-order valence-corrected chi connectivity index (χ2v) is 12.9. The van der Waals surface area contributed by atoms with Gasteiger partial charge < -0.3 is 4.74 Å². The third-order valence-corrected chi connectivity index (χ3v) is 11.8. The van der Waals surface area contributed by atoms with E-state index in [1.807, 2.05) is 0 Å². The summed E-state index contributed by atoms with van der Waals surface area (Å²) in [6.45, 7) is 6.60. The largest absolute Gasteiger partial charge is 0.458 e. The van der Waals surface area contributed by atoms with Crippen LogP contribution in [0.3, 0.4) is 0 Å². The fourth-order valence-corrected chi connectivity index (χ4v) is 8.68. The first-order valence-electron chi connectivity index (χ1n) is 12.2. The second kappa shape index (κ2) is 8.78. The first-order chi connectivity index (χ1) is 15.7. The van der Waals surface area contributed by atoms with Crippen LogP contribution in [0.2, 0.25) is 0 Å². The lowest BCUT2D eigenvalue weighted by atomic mass is 9.75. The molecule has 4 aliphatic rings. The van der Waals surface area contributed by atoms with E-state index in [4.69, 9.17) is 4.74 Å². The molecule has 5 rings (SSSR count). The Morgan fingerprint density at radius 2 is 1.55 bits per heavy atom. The summed E-state index contributed by atoms with van der Waals surface area (Å²) >= 11 is 7.45. The highest BCUT2D eigenvalue weighted by Crippen LogP contribution is 2.60. The van der Waals surface area contributed by atoms with Gasteiger partial charge in [0.1, 0.15) is 6.10 Å². The fourth-order valence-electron chi connectivity index (χ4n) is 6.81. The molecule has 2 amide bonds. The minimum Gasteiger partial charge on any atom is -0.458 e. The van der Waals surface area contributed by atoms with Crippen molar-refractivity contribution in [3.05, 3.63) is 29.8 Å². The molecule has 0 radical (unpaired) electrons. The highest BCUT2D eigenvalue weighted by molar-refractivity contribution is 9.12. The number of nitrogens with zero attached hydrogens (tertiary/aromatic N) is 1. The molecule has 9 atom stereocenters. The number of rotatable bonds is 4. The van der Waals surface area contributed by atoms with Crippen molar-refractivity contribution in [3.8, 4) is 0 Å². The van der Waals surface area contributed by atoms with Gasteiger partial charge in [0.15, 0.2) is 0 Å². The first kappa shape index (κ1) is 23.5. The molecular formula is C26H31Br2NO4. The number of anilines is 1. The maximum Gasteiger partial charge on any atom is 0.338 e. The predicted octanol–water partition coefficient (Wildman–Crippen LogP) is 5.59. The van der Waals surface area contributed by atoms with Crippen LogP contribution in [0.1, 0.15) is 56.8 Å². The molecule has 0 spiro atoms. The van der Waals surface area contributed by atoms with Crippen LogP contribution in [0, 0.1) is 41.4 Å². The number of amides is 2. The Hall–Kier alpha value is -1.21. The minimum atomic E-state index is -0.329. The minimum absolute atomic E-state index is 0.0630. The van der Waals surface area contributed by atoms with Gasteiger partial charge in [-0.3, -0.25) is 14.5 Å². The summed E-state index contributed by atoms with van der Waals surface area (Å²) in [5.41, 5.74) is 0.999. The van der Waals surface area contributed by atoms with Gasteiger partial charge in [-0.1, -0.05) is 59.1 Å². The van der Waals surface area contributed by atoms with E-state index in [-0.39, 0.29) is 57.2 Å². The van der Waals surface area contributed by atoms with E-state index in [0.717, 1.165) is 19.3 Å². The number of hydrogen-bond donors (Lipinski definition) is 0. The van der Waals surface area contributed by atoms with Gasteiger partial charge in [0.2, 0.25) is 11.8 Å². The number of esters is 1. The molecule has 0 N–H and O–H groups in total. The Balaban J connectivity index is 1.30. The van der Waals surface area contributed by atoms with Gasteiger partial charge in [-0.25, -0.2) is 4.79 Å². The predicted molar refractivity (Wildman–Crippen MR) is 133 cm³/mol. The third kappa shape index (κ3) is 3.81. The maximum absolute atomic E-state index is 13.2. The van der Waals surface area contributed by atoms with Gasteiger partial charge in [-0.05, 0) is 73.1 Å². The third-order valence-electron chi connectivity index (χ3n) is 8.57. The molecule has 1 aromatic rings. The molecule has 5 nitrogen and oxygen atoms in total. The summed E-state index contributed by atoms with van der Waals surface area (Å²) in [6, 6.07) is 6.77. The number of alkyl halides is 2. The van der Waals surface area contributed by atoms with Gasteiger partial charge in [-0.2, -0.15) is 0 Å².